The zero-order valence-electron chi connectivity index (χ0n) is 18.3. The SMILES string of the molecule is CCN1C(=O)[C@@]2(c3ccccc31)c1c(oc3ccc(C)cc3c1=O)C(=O)N2CCCOC. The minimum atomic E-state index is -1.54. The number of carbonyl (C=O) groups excluding carboxylic acids is 2. The molecule has 0 fully saturated rings. The van der Waals surface area contributed by atoms with Crippen LogP contribution in [0, 0.1) is 6.92 Å². The summed E-state index contributed by atoms with van der Waals surface area (Å²) < 4.78 is 11.2. The van der Waals surface area contributed by atoms with Gasteiger partial charge in [-0.1, -0.05) is 29.8 Å². The summed E-state index contributed by atoms with van der Waals surface area (Å²) in [6.45, 7) is 4.87. The Hall–Kier alpha value is -3.45. The molecule has 2 amide bonds. The number of likely N-dealkylation sites (N-methyl/N-ethyl adjacent to an activating group) is 1. The van der Waals surface area contributed by atoms with E-state index in [-0.39, 0.29) is 29.2 Å². The van der Waals surface area contributed by atoms with Crippen LogP contribution in [0.4, 0.5) is 5.69 Å². The molecule has 2 aliphatic heterocycles. The predicted molar refractivity (Wildman–Crippen MR) is 120 cm³/mol. The van der Waals surface area contributed by atoms with Gasteiger partial charge >= 0.3 is 0 Å². The van der Waals surface area contributed by atoms with Crippen LogP contribution >= 0.6 is 0 Å². The lowest BCUT2D eigenvalue weighted by molar-refractivity contribution is -0.126. The van der Waals surface area contributed by atoms with E-state index in [1.807, 2.05) is 44.2 Å². The zero-order chi connectivity index (χ0) is 22.6. The van der Waals surface area contributed by atoms with Crippen molar-refractivity contribution in [3.05, 3.63) is 75.1 Å². The first-order valence-electron chi connectivity index (χ1n) is 10.8. The standard InChI is InChI=1S/C25H24N2O5/c1-4-26-18-9-6-5-8-17(18)25(24(26)30)20-21(28)16-14-15(2)10-11-19(16)32-22(20)23(29)27(25)12-7-13-31-3/h5-6,8-11,14H,4,7,12-13H2,1-3H3/t25-/m1/s1. The number of aryl methyl sites for hydroxylation is 1. The van der Waals surface area contributed by atoms with Gasteiger partial charge in [-0.05, 0) is 38.5 Å². The highest BCUT2D eigenvalue weighted by Crippen LogP contribution is 2.52. The lowest BCUT2D eigenvalue weighted by atomic mass is 9.84. The molecule has 32 heavy (non-hydrogen) atoms. The molecule has 2 aromatic carbocycles. The van der Waals surface area contributed by atoms with Crippen LogP contribution in [0.3, 0.4) is 0 Å². The Morgan fingerprint density at radius 1 is 1.09 bits per heavy atom. The van der Waals surface area contributed by atoms with Gasteiger partial charge in [0.25, 0.3) is 11.8 Å². The molecule has 0 aliphatic carbocycles. The molecule has 0 N–H and O–H groups in total. The van der Waals surface area contributed by atoms with E-state index in [1.54, 1.807) is 24.1 Å². The molecule has 5 rings (SSSR count). The van der Waals surface area contributed by atoms with Crippen molar-refractivity contribution in [2.45, 2.75) is 25.8 Å². The van der Waals surface area contributed by atoms with Crippen molar-refractivity contribution in [1.29, 1.82) is 0 Å². The largest absolute Gasteiger partial charge is 0.450 e. The number of ether oxygens (including phenoxy) is 1. The van der Waals surface area contributed by atoms with Crippen molar-refractivity contribution in [2.75, 3.05) is 31.7 Å². The molecule has 1 spiro atoms. The fraction of sp³-hybridized carbons (Fsp3) is 0.320. The number of hydrogen-bond acceptors (Lipinski definition) is 5. The first-order valence-corrected chi connectivity index (χ1v) is 10.8. The predicted octanol–water partition coefficient (Wildman–Crippen LogP) is 3.20. The molecule has 1 aromatic heterocycles. The Morgan fingerprint density at radius 2 is 1.88 bits per heavy atom. The summed E-state index contributed by atoms with van der Waals surface area (Å²) in [5, 5.41) is 0.370. The minimum Gasteiger partial charge on any atom is -0.450 e. The Morgan fingerprint density at radius 3 is 2.62 bits per heavy atom. The summed E-state index contributed by atoms with van der Waals surface area (Å²) in [7, 11) is 1.59. The average Bonchev–Trinajstić information content (AvgIpc) is 3.19. The van der Waals surface area contributed by atoms with Gasteiger partial charge in [0.2, 0.25) is 5.76 Å². The number of para-hydroxylation sites is 1. The van der Waals surface area contributed by atoms with Gasteiger partial charge in [-0.25, -0.2) is 0 Å². The number of fused-ring (bicyclic) bond motifs is 5. The molecule has 0 bridgehead atoms. The van der Waals surface area contributed by atoms with E-state index in [9.17, 15) is 14.4 Å². The van der Waals surface area contributed by atoms with Gasteiger partial charge in [0.05, 0.1) is 16.6 Å². The number of carbonyl (C=O) groups is 2. The Bertz CT molecular complexity index is 1330. The molecule has 0 radical (unpaired) electrons. The van der Waals surface area contributed by atoms with Gasteiger partial charge in [-0.3, -0.25) is 14.4 Å². The summed E-state index contributed by atoms with van der Waals surface area (Å²) in [5.74, 6) is -0.799. The number of hydrogen-bond donors (Lipinski definition) is 0. The third-order valence-corrected chi connectivity index (χ3v) is 6.44. The monoisotopic (exact) mass is 432 g/mol. The van der Waals surface area contributed by atoms with Gasteiger partial charge < -0.3 is 19.0 Å². The van der Waals surface area contributed by atoms with Crippen LogP contribution in [0.1, 0.15) is 40.6 Å². The third kappa shape index (κ3) is 2.48. The maximum atomic E-state index is 14.0. The normalized spacial score (nSPS) is 19.3. The number of methoxy groups -OCH3 is 1. The van der Waals surface area contributed by atoms with Gasteiger partial charge in [0.1, 0.15) is 5.58 Å². The van der Waals surface area contributed by atoms with Crippen molar-refractivity contribution >= 4 is 28.5 Å². The van der Waals surface area contributed by atoms with E-state index < -0.39 is 11.4 Å². The number of rotatable bonds is 5. The van der Waals surface area contributed by atoms with Crippen molar-refractivity contribution in [1.82, 2.24) is 4.90 Å². The second-order valence-corrected chi connectivity index (χ2v) is 8.22. The number of benzene rings is 2. The molecule has 164 valence electrons. The fourth-order valence-electron chi connectivity index (χ4n) is 5.09. The second-order valence-electron chi connectivity index (χ2n) is 8.22. The highest BCUT2D eigenvalue weighted by molar-refractivity contribution is 6.17. The van der Waals surface area contributed by atoms with E-state index in [0.29, 0.717) is 41.8 Å². The van der Waals surface area contributed by atoms with E-state index in [2.05, 4.69) is 0 Å². The van der Waals surface area contributed by atoms with Crippen LogP contribution in [0.2, 0.25) is 0 Å². The highest BCUT2D eigenvalue weighted by atomic mass is 16.5. The van der Waals surface area contributed by atoms with Crippen molar-refractivity contribution in [3.8, 4) is 0 Å². The van der Waals surface area contributed by atoms with Crippen LogP contribution in [0.25, 0.3) is 11.0 Å². The molecular weight excluding hydrogens is 408 g/mol. The van der Waals surface area contributed by atoms with E-state index in [4.69, 9.17) is 9.15 Å². The van der Waals surface area contributed by atoms with Crippen molar-refractivity contribution in [3.63, 3.8) is 0 Å². The zero-order valence-corrected chi connectivity index (χ0v) is 18.3. The van der Waals surface area contributed by atoms with Gasteiger partial charge in [-0.15, -0.1) is 0 Å². The topological polar surface area (TPSA) is 80.1 Å². The number of nitrogens with zero attached hydrogens (tertiary/aromatic N) is 2. The molecule has 3 aromatic rings. The molecule has 7 heteroatoms. The van der Waals surface area contributed by atoms with Crippen LogP contribution in [0.15, 0.2) is 51.7 Å². The molecule has 7 nitrogen and oxygen atoms in total. The molecule has 0 saturated carbocycles. The summed E-state index contributed by atoms with van der Waals surface area (Å²) in [6.07, 6.45) is 0.520. The Labute approximate surface area is 185 Å². The van der Waals surface area contributed by atoms with Crippen LogP contribution in [-0.2, 0) is 15.1 Å². The van der Waals surface area contributed by atoms with Crippen LogP contribution in [0.5, 0.6) is 0 Å². The second kappa shape index (κ2) is 7.31. The first-order chi connectivity index (χ1) is 15.5. The summed E-state index contributed by atoms with van der Waals surface area (Å²) in [6, 6.07) is 12.6. The molecule has 3 heterocycles. The smallest absolute Gasteiger partial charge is 0.291 e. The van der Waals surface area contributed by atoms with Gasteiger partial charge in [0.15, 0.2) is 11.0 Å². The Kier molecular flexibility index (Phi) is 4.67. The fourth-order valence-corrected chi connectivity index (χ4v) is 5.09. The van der Waals surface area contributed by atoms with Crippen LogP contribution in [-0.4, -0.2) is 43.5 Å². The minimum absolute atomic E-state index is 0.0510. The summed E-state index contributed by atoms with van der Waals surface area (Å²) in [4.78, 5) is 44.7. The third-order valence-electron chi connectivity index (χ3n) is 6.44. The molecule has 2 aliphatic rings. The lowest BCUT2D eigenvalue weighted by Gasteiger charge is -2.34. The first kappa shape index (κ1) is 20.5. The molecule has 0 saturated heterocycles. The van der Waals surface area contributed by atoms with Gasteiger partial charge in [-0.2, -0.15) is 0 Å². The van der Waals surface area contributed by atoms with Crippen LogP contribution < -0.4 is 10.3 Å². The maximum Gasteiger partial charge on any atom is 0.291 e. The van der Waals surface area contributed by atoms with E-state index >= 15 is 0 Å². The van der Waals surface area contributed by atoms with Crippen molar-refractivity contribution < 1.29 is 18.7 Å². The number of amides is 2. The lowest BCUT2D eigenvalue weighted by Crippen LogP contribution is -2.53. The number of anilines is 1. The Balaban J connectivity index is 1.88. The summed E-state index contributed by atoms with van der Waals surface area (Å²) >= 11 is 0. The quantitative estimate of drug-likeness (QED) is 0.579. The molecule has 0 unspecified atom stereocenters. The average molecular weight is 432 g/mol. The van der Waals surface area contributed by atoms with E-state index in [1.165, 1.54) is 4.90 Å². The molecular formula is C25H24N2O5. The molecule has 1 atom stereocenters. The maximum absolute atomic E-state index is 14.0. The van der Waals surface area contributed by atoms with Gasteiger partial charge in [0, 0.05) is 32.4 Å². The van der Waals surface area contributed by atoms with Crippen molar-refractivity contribution in [2.24, 2.45) is 0 Å². The highest BCUT2D eigenvalue weighted by Gasteiger charge is 2.64. The van der Waals surface area contributed by atoms with E-state index in [0.717, 1.165) is 5.56 Å². The summed E-state index contributed by atoms with van der Waals surface area (Å²) in [5.41, 5.74) is 0.823.